The van der Waals surface area contributed by atoms with Gasteiger partial charge < -0.3 is 5.11 Å². The Balaban J connectivity index is 2.12. The third-order valence-corrected chi connectivity index (χ3v) is 3.64. The maximum absolute atomic E-state index is 11.4. The van der Waals surface area contributed by atoms with Crippen LogP contribution in [0.2, 0.25) is 5.02 Å². The van der Waals surface area contributed by atoms with E-state index in [0.717, 1.165) is 22.2 Å². The molecule has 0 aliphatic heterocycles. The Morgan fingerprint density at radius 3 is 2.62 bits per heavy atom. The first kappa shape index (κ1) is 13.6. The van der Waals surface area contributed by atoms with Crippen molar-refractivity contribution in [3.63, 3.8) is 0 Å². The molecular weight excluding hydrogens is 286 g/mol. The molecule has 0 unspecified atom stereocenters. The van der Waals surface area contributed by atoms with Crippen molar-refractivity contribution in [1.82, 2.24) is 4.98 Å². The van der Waals surface area contributed by atoms with Crippen molar-refractivity contribution in [3.05, 3.63) is 59.1 Å². The van der Waals surface area contributed by atoms with Gasteiger partial charge in [-0.05, 0) is 37.3 Å². The molecule has 0 fully saturated rings. The molecule has 0 saturated carbocycles. The molecule has 0 radical (unpaired) electrons. The summed E-state index contributed by atoms with van der Waals surface area (Å²) >= 11 is 6.25. The second-order valence-electron chi connectivity index (χ2n) is 4.82. The molecule has 1 N–H and O–H groups in total. The second-order valence-corrected chi connectivity index (χ2v) is 5.23. The van der Waals surface area contributed by atoms with Crippen LogP contribution in [-0.4, -0.2) is 15.9 Å². The molecule has 21 heavy (non-hydrogen) atoms. The van der Waals surface area contributed by atoms with Crippen molar-refractivity contribution in [2.45, 2.75) is 6.92 Å². The molecule has 3 aromatic rings. The number of pyridine rings is 1. The number of benzene rings is 2. The van der Waals surface area contributed by atoms with Gasteiger partial charge in [-0.2, -0.15) is 0 Å². The number of fused-ring (bicyclic) bond motifs is 1. The maximum Gasteiger partial charge on any atom is 0.159 e. The number of Topliss-reactive ketones (excluding diaryl/α,β-unsaturated/α-hetero) is 1. The van der Waals surface area contributed by atoms with Gasteiger partial charge in [0, 0.05) is 16.5 Å². The van der Waals surface area contributed by atoms with Gasteiger partial charge in [0.15, 0.2) is 5.78 Å². The molecule has 1 aromatic heterocycles. The maximum atomic E-state index is 11.4. The van der Waals surface area contributed by atoms with Crippen LogP contribution in [0.15, 0.2) is 48.5 Å². The number of nitrogens with zero attached hydrogens (tertiary/aromatic N) is 1. The van der Waals surface area contributed by atoms with E-state index in [4.69, 9.17) is 11.6 Å². The van der Waals surface area contributed by atoms with Gasteiger partial charge in [0.1, 0.15) is 5.75 Å². The summed E-state index contributed by atoms with van der Waals surface area (Å²) in [4.78, 5) is 15.9. The highest BCUT2D eigenvalue weighted by molar-refractivity contribution is 6.33. The minimum atomic E-state index is -0.0228. The molecule has 3 nitrogen and oxygen atoms in total. The summed E-state index contributed by atoms with van der Waals surface area (Å²) in [7, 11) is 0. The smallest absolute Gasteiger partial charge is 0.159 e. The first-order valence-electron chi connectivity index (χ1n) is 6.45. The topological polar surface area (TPSA) is 50.2 Å². The van der Waals surface area contributed by atoms with Crippen LogP contribution in [0, 0.1) is 0 Å². The van der Waals surface area contributed by atoms with Crippen LogP contribution in [-0.2, 0) is 0 Å². The van der Waals surface area contributed by atoms with Crippen molar-refractivity contribution in [2.24, 2.45) is 0 Å². The quantitative estimate of drug-likeness (QED) is 0.710. The number of rotatable bonds is 2. The molecule has 0 bridgehead atoms. The Labute approximate surface area is 126 Å². The molecule has 1 heterocycles. The second kappa shape index (κ2) is 5.19. The summed E-state index contributed by atoms with van der Waals surface area (Å²) < 4.78 is 0. The third kappa shape index (κ3) is 2.60. The van der Waals surface area contributed by atoms with Crippen LogP contribution in [0.4, 0.5) is 0 Å². The van der Waals surface area contributed by atoms with E-state index in [1.165, 1.54) is 6.92 Å². The number of hydrogen-bond donors (Lipinski definition) is 1. The number of hydrogen-bond acceptors (Lipinski definition) is 3. The van der Waals surface area contributed by atoms with Gasteiger partial charge in [-0.15, -0.1) is 0 Å². The third-order valence-electron chi connectivity index (χ3n) is 3.32. The highest BCUT2D eigenvalue weighted by Gasteiger charge is 2.09. The van der Waals surface area contributed by atoms with E-state index in [1.807, 2.05) is 12.1 Å². The van der Waals surface area contributed by atoms with Crippen LogP contribution in [0.5, 0.6) is 5.75 Å². The lowest BCUT2D eigenvalue weighted by molar-refractivity contribution is 0.101. The number of carbonyl (C=O) groups excluding carboxylic acids is 1. The fourth-order valence-corrected chi connectivity index (χ4v) is 2.48. The summed E-state index contributed by atoms with van der Waals surface area (Å²) in [6, 6.07) is 13.9. The number of aromatic nitrogens is 1. The molecular formula is C17H12ClNO2. The fraction of sp³-hybridized carbons (Fsp3) is 0.0588. The summed E-state index contributed by atoms with van der Waals surface area (Å²) in [5.41, 5.74) is 2.86. The van der Waals surface area contributed by atoms with E-state index in [-0.39, 0.29) is 11.5 Å². The number of phenolic OH excluding ortho intramolecular Hbond substituents is 1. The van der Waals surface area contributed by atoms with Gasteiger partial charge in [-0.3, -0.25) is 4.79 Å². The van der Waals surface area contributed by atoms with E-state index in [9.17, 15) is 9.90 Å². The highest BCUT2D eigenvalue weighted by Crippen LogP contribution is 2.29. The molecule has 2 aromatic carbocycles. The van der Waals surface area contributed by atoms with Crippen LogP contribution in [0.3, 0.4) is 0 Å². The van der Waals surface area contributed by atoms with Crippen molar-refractivity contribution >= 4 is 28.3 Å². The molecule has 0 aliphatic carbocycles. The van der Waals surface area contributed by atoms with Gasteiger partial charge in [-0.1, -0.05) is 29.8 Å². The van der Waals surface area contributed by atoms with Crippen LogP contribution in [0.25, 0.3) is 22.2 Å². The average Bonchev–Trinajstić information content (AvgIpc) is 2.46. The molecule has 0 spiro atoms. The number of aromatic hydroxyl groups is 1. The molecule has 0 aliphatic rings. The Morgan fingerprint density at radius 2 is 1.90 bits per heavy atom. The molecule has 4 heteroatoms. The fourth-order valence-electron chi connectivity index (χ4n) is 2.20. The molecule has 0 saturated heterocycles. The monoisotopic (exact) mass is 297 g/mol. The summed E-state index contributed by atoms with van der Waals surface area (Å²) in [6.07, 6.45) is 0. The minimum Gasteiger partial charge on any atom is -0.508 e. The van der Waals surface area contributed by atoms with Crippen molar-refractivity contribution in [2.75, 3.05) is 0 Å². The van der Waals surface area contributed by atoms with Gasteiger partial charge in [-0.25, -0.2) is 4.98 Å². The number of halogens is 1. The number of carbonyl (C=O) groups is 1. The highest BCUT2D eigenvalue weighted by atomic mass is 35.5. The van der Waals surface area contributed by atoms with Crippen LogP contribution >= 0.6 is 11.6 Å². The van der Waals surface area contributed by atoms with Crippen molar-refractivity contribution in [3.8, 4) is 17.0 Å². The van der Waals surface area contributed by atoms with Gasteiger partial charge in [0.2, 0.25) is 0 Å². The first-order chi connectivity index (χ1) is 10.0. The first-order valence-corrected chi connectivity index (χ1v) is 6.83. The van der Waals surface area contributed by atoms with Gasteiger partial charge in [0.25, 0.3) is 0 Å². The number of ketones is 1. The van der Waals surface area contributed by atoms with Crippen LogP contribution < -0.4 is 0 Å². The zero-order valence-electron chi connectivity index (χ0n) is 11.3. The van der Waals surface area contributed by atoms with E-state index in [2.05, 4.69) is 4.98 Å². The lowest BCUT2D eigenvalue weighted by atomic mass is 10.1. The van der Waals surface area contributed by atoms with Crippen molar-refractivity contribution < 1.29 is 9.90 Å². The minimum absolute atomic E-state index is 0.0228. The predicted molar refractivity (Wildman–Crippen MR) is 83.9 cm³/mol. The summed E-state index contributed by atoms with van der Waals surface area (Å²) in [6.45, 7) is 1.51. The lowest BCUT2D eigenvalue weighted by Crippen LogP contribution is -1.93. The van der Waals surface area contributed by atoms with E-state index in [0.29, 0.717) is 10.6 Å². The van der Waals surface area contributed by atoms with E-state index < -0.39 is 0 Å². The predicted octanol–water partition coefficient (Wildman–Crippen LogP) is 4.46. The van der Waals surface area contributed by atoms with E-state index >= 15 is 0 Å². The van der Waals surface area contributed by atoms with Gasteiger partial charge in [0.05, 0.1) is 16.2 Å². The van der Waals surface area contributed by atoms with Gasteiger partial charge >= 0.3 is 0 Å². The average molecular weight is 298 g/mol. The molecule has 104 valence electrons. The standard InChI is InChI=1S/C17H12ClNO2/c1-10(20)11-2-5-14(15(18)9-11)17-6-3-12-8-13(21)4-7-16(12)19-17/h2-9,21H,1H3. The number of phenols is 1. The van der Waals surface area contributed by atoms with Crippen LogP contribution in [0.1, 0.15) is 17.3 Å². The van der Waals surface area contributed by atoms with E-state index in [1.54, 1.807) is 36.4 Å². The van der Waals surface area contributed by atoms with Crippen molar-refractivity contribution in [1.29, 1.82) is 0 Å². The Bertz CT molecular complexity index is 859. The molecule has 3 rings (SSSR count). The largest absolute Gasteiger partial charge is 0.508 e. The summed E-state index contributed by atoms with van der Waals surface area (Å²) in [5, 5.41) is 10.8. The molecule has 0 atom stereocenters. The summed E-state index contributed by atoms with van der Waals surface area (Å²) in [5.74, 6) is 0.186. The molecule has 0 amide bonds. The lowest BCUT2D eigenvalue weighted by Gasteiger charge is -2.07. The Kier molecular flexibility index (Phi) is 3.35. The Hall–Kier alpha value is -2.39. The zero-order chi connectivity index (χ0) is 15.0. The normalized spacial score (nSPS) is 10.8. The SMILES string of the molecule is CC(=O)c1ccc(-c2ccc3cc(O)ccc3n2)c(Cl)c1. The Morgan fingerprint density at radius 1 is 1.10 bits per heavy atom. The zero-order valence-corrected chi connectivity index (χ0v) is 12.1.